The van der Waals surface area contributed by atoms with Crippen LogP contribution in [0, 0.1) is 0 Å². The Morgan fingerprint density at radius 1 is 1.31 bits per heavy atom. The lowest BCUT2D eigenvalue weighted by molar-refractivity contribution is -0.142. The van der Waals surface area contributed by atoms with E-state index < -0.39 is 11.9 Å². The number of rotatable bonds is 8. The third kappa shape index (κ3) is 8.28. The van der Waals surface area contributed by atoms with Crippen molar-refractivity contribution in [2.45, 2.75) is 45.0 Å². The van der Waals surface area contributed by atoms with Crippen LogP contribution in [0.1, 0.15) is 37.4 Å². The molecule has 1 aliphatic rings. The van der Waals surface area contributed by atoms with E-state index in [1.54, 1.807) is 7.11 Å². The number of halogens is 4. The van der Waals surface area contributed by atoms with E-state index in [2.05, 4.69) is 20.3 Å². The first kappa shape index (κ1) is 26.0. The summed E-state index contributed by atoms with van der Waals surface area (Å²) in [6, 6.07) is 0. The Bertz CT molecular complexity index is 632. The molecule has 0 spiro atoms. The van der Waals surface area contributed by atoms with Gasteiger partial charge in [0.15, 0.2) is 11.7 Å². The lowest BCUT2D eigenvalue weighted by Gasteiger charge is -2.34. The van der Waals surface area contributed by atoms with Crippen molar-refractivity contribution in [1.29, 1.82) is 0 Å². The average molecular weight is 533 g/mol. The van der Waals surface area contributed by atoms with Gasteiger partial charge in [-0.3, -0.25) is 4.68 Å². The smallest absolute Gasteiger partial charge is 0.385 e. The first-order chi connectivity index (χ1) is 13.3. The molecule has 0 aliphatic carbocycles. The van der Waals surface area contributed by atoms with Gasteiger partial charge in [-0.1, -0.05) is 0 Å². The van der Waals surface area contributed by atoms with Gasteiger partial charge in [-0.2, -0.15) is 18.3 Å². The van der Waals surface area contributed by atoms with Gasteiger partial charge in [0.2, 0.25) is 0 Å². The van der Waals surface area contributed by atoms with Crippen LogP contribution in [-0.2, 0) is 29.2 Å². The van der Waals surface area contributed by atoms with E-state index in [-0.39, 0.29) is 42.2 Å². The number of piperidine rings is 1. The Morgan fingerprint density at radius 2 is 2.00 bits per heavy atom. The molecule has 1 aliphatic heterocycles. The van der Waals surface area contributed by atoms with Crippen LogP contribution < -0.4 is 5.32 Å². The van der Waals surface area contributed by atoms with Gasteiger partial charge in [-0.05, 0) is 26.2 Å². The molecule has 29 heavy (non-hydrogen) atoms. The summed E-state index contributed by atoms with van der Waals surface area (Å²) in [5.74, 6) is 0.623. The highest BCUT2D eigenvalue weighted by Crippen LogP contribution is 2.30. The van der Waals surface area contributed by atoms with Crippen molar-refractivity contribution in [1.82, 2.24) is 20.0 Å². The zero-order valence-corrected chi connectivity index (χ0v) is 19.5. The fourth-order valence-electron chi connectivity index (χ4n) is 3.17. The number of hydrogen-bond acceptors (Lipinski definition) is 4. The number of aliphatic imine (C=N–C) groups is 1. The van der Waals surface area contributed by atoms with E-state index in [1.165, 1.54) is 17.9 Å². The SMILES string of the molecule is CCNC(=NCc1cn(C)nc1C(F)(F)F)N1CCC(OCCCOC)CC1.I. The molecule has 11 heteroatoms. The van der Waals surface area contributed by atoms with Crippen LogP contribution in [0.25, 0.3) is 0 Å². The molecule has 0 saturated carbocycles. The summed E-state index contributed by atoms with van der Waals surface area (Å²) >= 11 is 0. The lowest BCUT2D eigenvalue weighted by atomic mass is 10.1. The molecule has 2 rings (SSSR count). The monoisotopic (exact) mass is 533 g/mol. The minimum atomic E-state index is -4.48. The summed E-state index contributed by atoms with van der Waals surface area (Å²) in [5, 5.41) is 6.71. The van der Waals surface area contributed by atoms with E-state index in [4.69, 9.17) is 9.47 Å². The summed E-state index contributed by atoms with van der Waals surface area (Å²) in [4.78, 5) is 6.50. The molecular formula is C18H31F3IN5O2. The van der Waals surface area contributed by atoms with Gasteiger partial charge in [0.05, 0.1) is 12.6 Å². The molecular weight excluding hydrogens is 502 g/mol. The molecule has 0 radical (unpaired) electrons. The number of alkyl halides is 3. The maximum Gasteiger partial charge on any atom is 0.435 e. The Morgan fingerprint density at radius 3 is 2.59 bits per heavy atom. The minimum absolute atomic E-state index is 0. The van der Waals surface area contributed by atoms with E-state index in [1.807, 2.05) is 6.92 Å². The van der Waals surface area contributed by atoms with Crippen LogP contribution in [0.4, 0.5) is 13.2 Å². The van der Waals surface area contributed by atoms with Gasteiger partial charge < -0.3 is 19.7 Å². The van der Waals surface area contributed by atoms with Gasteiger partial charge in [0, 0.05) is 58.8 Å². The van der Waals surface area contributed by atoms with Gasteiger partial charge in [0.1, 0.15) is 0 Å². The standard InChI is InChI=1S/C18H30F3N5O2.HI/c1-4-22-17(23-12-14-13-25(2)24-16(14)18(19,20)21)26-8-6-15(7-9-26)28-11-5-10-27-3;/h13,15H,4-12H2,1-3H3,(H,22,23);1H. The van der Waals surface area contributed by atoms with Crippen molar-refractivity contribution in [3.63, 3.8) is 0 Å². The largest absolute Gasteiger partial charge is 0.435 e. The summed E-state index contributed by atoms with van der Waals surface area (Å²) in [7, 11) is 3.15. The van der Waals surface area contributed by atoms with Gasteiger partial charge in [-0.25, -0.2) is 4.99 Å². The van der Waals surface area contributed by atoms with Crippen molar-refractivity contribution in [3.05, 3.63) is 17.5 Å². The minimum Gasteiger partial charge on any atom is -0.385 e. The molecule has 0 atom stereocenters. The molecule has 2 heterocycles. The molecule has 1 aromatic heterocycles. The van der Waals surface area contributed by atoms with Gasteiger partial charge >= 0.3 is 6.18 Å². The lowest BCUT2D eigenvalue weighted by Crippen LogP contribution is -2.47. The highest BCUT2D eigenvalue weighted by atomic mass is 127. The number of hydrogen-bond donors (Lipinski definition) is 1. The molecule has 0 aromatic carbocycles. The van der Waals surface area contributed by atoms with E-state index in [0.29, 0.717) is 25.7 Å². The summed E-state index contributed by atoms with van der Waals surface area (Å²) < 4.78 is 51.4. The topological polar surface area (TPSA) is 63.9 Å². The van der Waals surface area contributed by atoms with Crippen molar-refractivity contribution in [3.8, 4) is 0 Å². The number of methoxy groups -OCH3 is 1. The highest BCUT2D eigenvalue weighted by Gasteiger charge is 2.36. The molecule has 1 N–H and O–H groups in total. The Kier molecular flexibility index (Phi) is 11.3. The third-order valence-corrected chi connectivity index (χ3v) is 4.50. The maximum atomic E-state index is 13.1. The second kappa shape index (κ2) is 12.6. The second-order valence-corrected chi connectivity index (χ2v) is 6.75. The number of likely N-dealkylation sites (tertiary alicyclic amines) is 1. The molecule has 1 fully saturated rings. The number of aromatic nitrogens is 2. The Balaban J connectivity index is 0.00000420. The fourth-order valence-corrected chi connectivity index (χ4v) is 3.17. The van der Waals surface area contributed by atoms with Crippen LogP contribution in [0.5, 0.6) is 0 Å². The maximum absolute atomic E-state index is 13.1. The Hall–Kier alpha value is -1.08. The second-order valence-electron chi connectivity index (χ2n) is 6.75. The highest BCUT2D eigenvalue weighted by molar-refractivity contribution is 14.0. The Labute approximate surface area is 187 Å². The average Bonchev–Trinajstić information content (AvgIpc) is 3.04. The quantitative estimate of drug-likeness (QED) is 0.241. The van der Waals surface area contributed by atoms with Gasteiger partial charge in [0.25, 0.3) is 0 Å². The number of ether oxygens (including phenoxy) is 2. The van der Waals surface area contributed by atoms with E-state index in [0.717, 1.165) is 32.4 Å². The molecule has 0 bridgehead atoms. The summed E-state index contributed by atoms with van der Waals surface area (Å²) in [6.45, 7) is 5.37. The molecule has 7 nitrogen and oxygen atoms in total. The normalized spacial score (nSPS) is 16.1. The predicted molar refractivity (Wildman–Crippen MR) is 115 cm³/mol. The molecule has 0 unspecified atom stereocenters. The number of aryl methyl sites for hydroxylation is 1. The summed E-state index contributed by atoms with van der Waals surface area (Å²) in [6.07, 6.45) is -0.325. The number of nitrogens with one attached hydrogen (secondary N) is 1. The first-order valence-corrected chi connectivity index (χ1v) is 9.58. The molecule has 168 valence electrons. The predicted octanol–water partition coefficient (Wildman–Crippen LogP) is 3.04. The van der Waals surface area contributed by atoms with Crippen LogP contribution in [-0.4, -0.2) is 66.7 Å². The van der Waals surface area contributed by atoms with Gasteiger partial charge in [-0.15, -0.1) is 24.0 Å². The number of guanidine groups is 1. The molecule has 0 amide bonds. The zero-order chi connectivity index (χ0) is 20.6. The zero-order valence-electron chi connectivity index (χ0n) is 17.2. The first-order valence-electron chi connectivity index (χ1n) is 9.58. The van der Waals surface area contributed by atoms with Crippen LogP contribution in [0.3, 0.4) is 0 Å². The van der Waals surface area contributed by atoms with Crippen LogP contribution >= 0.6 is 24.0 Å². The molecule has 1 saturated heterocycles. The van der Waals surface area contributed by atoms with Crippen LogP contribution in [0.2, 0.25) is 0 Å². The van der Waals surface area contributed by atoms with E-state index >= 15 is 0 Å². The van der Waals surface area contributed by atoms with Crippen LogP contribution in [0.15, 0.2) is 11.2 Å². The fraction of sp³-hybridized carbons (Fsp3) is 0.778. The third-order valence-electron chi connectivity index (χ3n) is 4.50. The molecule has 1 aromatic rings. The van der Waals surface area contributed by atoms with Crippen molar-refractivity contribution in [2.24, 2.45) is 12.0 Å². The number of nitrogens with zero attached hydrogens (tertiary/aromatic N) is 4. The van der Waals surface area contributed by atoms with Crippen molar-refractivity contribution < 1.29 is 22.6 Å². The van der Waals surface area contributed by atoms with E-state index in [9.17, 15) is 13.2 Å². The van der Waals surface area contributed by atoms with Crippen molar-refractivity contribution >= 4 is 29.9 Å². The van der Waals surface area contributed by atoms with Crippen molar-refractivity contribution in [2.75, 3.05) is 40.0 Å². The summed E-state index contributed by atoms with van der Waals surface area (Å²) in [5.41, 5.74) is -0.806.